The Morgan fingerprint density at radius 2 is 2.13 bits per heavy atom. The van der Waals surface area contributed by atoms with E-state index >= 15 is 0 Å². The molecule has 1 atom stereocenters. The van der Waals surface area contributed by atoms with Gasteiger partial charge in [0.25, 0.3) is 0 Å². The molecule has 0 saturated carbocycles. The predicted molar refractivity (Wildman–Crippen MR) is 117 cm³/mol. The van der Waals surface area contributed by atoms with Crippen LogP contribution in [-0.2, 0) is 11.3 Å². The molecule has 5 rings (SSSR count). The molecule has 6 heteroatoms. The van der Waals surface area contributed by atoms with Gasteiger partial charge < -0.3 is 18.9 Å². The predicted octanol–water partition coefficient (Wildman–Crippen LogP) is 4.34. The molecule has 3 heterocycles. The van der Waals surface area contributed by atoms with Crippen molar-refractivity contribution < 1.29 is 23.7 Å². The van der Waals surface area contributed by atoms with E-state index in [-0.39, 0.29) is 11.9 Å². The Morgan fingerprint density at radius 3 is 2.94 bits per heavy atom. The molecule has 2 aromatic rings. The van der Waals surface area contributed by atoms with Gasteiger partial charge in [-0.1, -0.05) is 18.2 Å². The first-order valence-corrected chi connectivity index (χ1v) is 10.9. The minimum absolute atomic E-state index is 0.108. The van der Waals surface area contributed by atoms with Crippen molar-refractivity contribution >= 4 is 11.9 Å². The molecule has 3 aliphatic rings. The molecule has 0 aliphatic carbocycles. The molecule has 162 valence electrons. The van der Waals surface area contributed by atoms with Gasteiger partial charge >= 0.3 is 0 Å². The van der Waals surface area contributed by atoms with Crippen LogP contribution in [0.5, 0.6) is 17.2 Å². The third-order valence-electron chi connectivity index (χ3n) is 5.99. The number of carbonyl (C=O) groups is 1. The van der Waals surface area contributed by atoms with Gasteiger partial charge in [0.15, 0.2) is 5.76 Å². The third kappa shape index (κ3) is 3.82. The lowest BCUT2D eigenvalue weighted by molar-refractivity contribution is 0.0276. The van der Waals surface area contributed by atoms with Gasteiger partial charge in [-0.3, -0.25) is 9.69 Å². The fourth-order valence-electron chi connectivity index (χ4n) is 4.52. The second-order valence-corrected chi connectivity index (χ2v) is 8.20. The molecule has 1 fully saturated rings. The Morgan fingerprint density at radius 1 is 1.26 bits per heavy atom. The van der Waals surface area contributed by atoms with Crippen LogP contribution in [0.1, 0.15) is 46.8 Å². The molecule has 6 nitrogen and oxygen atoms in total. The van der Waals surface area contributed by atoms with Crippen molar-refractivity contribution in [1.82, 2.24) is 4.90 Å². The molecule has 2 aromatic carbocycles. The summed E-state index contributed by atoms with van der Waals surface area (Å²) in [4.78, 5) is 15.4. The highest BCUT2D eigenvalue weighted by molar-refractivity contribution is 6.15. The Balaban J connectivity index is 1.42. The highest BCUT2D eigenvalue weighted by Gasteiger charge is 2.34. The average molecular weight is 421 g/mol. The van der Waals surface area contributed by atoms with Gasteiger partial charge in [-0.15, -0.1) is 0 Å². The zero-order chi connectivity index (χ0) is 21.4. The summed E-state index contributed by atoms with van der Waals surface area (Å²) in [5, 5.41) is 0. The minimum Gasteiger partial charge on any atom is -0.493 e. The molecule has 0 radical (unpaired) electrons. The van der Waals surface area contributed by atoms with Crippen LogP contribution in [0.3, 0.4) is 0 Å². The quantitative estimate of drug-likeness (QED) is 0.670. The van der Waals surface area contributed by atoms with E-state index in [0.29, 0.717) is 30.4 Å². The largest absolute Gasteiger partial charge is 0.493 e. The van der Waals surface area contributed by atoms with Gasteiger partial charge in [-0.05, 0) is 44.9 Å². The number of carbonyl (C=O) groups excluding carboxylic acids is 1. The van der Waals surface area contributed by atoms with E-state index in [1.54, 1.807) is 6.08 Å². The fraction of sp³-hybridized carbons (Fsp3) is 0.400. The molecule has 1 unspecified atom stereocenters. The Hall–Kier alpha value is -2.83. The van der Waals surface area contributed by atoms with Crippen molar-refractivity contribution in [3.8, 4) is 17.2 Å². The molecule has 0 spiro atoms. The molecular formula is C25H27NO5. The summed E-state index contributed by atoms with van der Waals surface area (Å²) in [5.74, 6) is 2.35. The number of ketones is 1. The average Bonchev–Trinajstić information content (AvgIpc) is 3.39. The number of para-hydroxylation sites is 1. The van der Waals surface area contributed by atoms with Crippen molar-refractivity contribution in [2.24, 2.45) is 0 Å². The van der Waals surface area contributed by atoms with Crippen LogP contribution >= 0.6 is 0 Å². The highest BCUT2D eigenvalue weighted by atomic mass is 16.5. The molecule has 0 amide bonds. The van der Waals surface area contributed by atoms with E-state index in [1.807, 2.05) is 44.2 Å². The van der Waals surface area contributed by atoms with Crippen molar-refractivity contribution in [2.45, 2.75) is 39.3 Å². The molecule has 0 bridgehead atoms. The van der Waals surface area contributed by atoms with Crippen LogP contribution in [0.2, 0.25) is 0 Å². The van der Waals surface area contributed by atoms with Crippen LogP contribution in [0.4, 0.5) is 0 Å². The highest BCUT2D eigenvalue weighted by Crippen LogP contribution is 2.43. The molecule has 3 aliphatic heterocycles. The number of hydrogen-bond donors (Lipinski definition) is 0. The first kappa shape index (κ1) is 20.1. The maximum Gasteiger partial charge on any atom is 0.231 e. The lowest BCUT2D eigenvalue weighted by Gasteiger charge is -2.31. The van der Waals surface area contributed by atoms with Crippen LogP contribution in [0, 0.1) is 6.92 Å². The summed E-state index contributed by atoms with van der Waals surface area (Å²) < 4.78 is 23.6. The first-order chi connectivity index (χ1) is 15.1. The summed E-state index contributed by atoms with van der Waals surface area (Å²) in [6.07, 6.45) is 4.24. The summed E-state index contributed by atoms with van der Waals surface area (Å²) in [7, 11) is 0. The number of hydrogen-bond acceptors (Lipinski definition) is 6. The monoisotopic (exact) mass is 421 g/mol. The van der Waals surface area contributed by atoms with Gasteiger partial charge in [0, 0.05) is 36.4 Å². The second kappa shape index (κ2) is 8.36. The normalized spacial score (nSPS) is 21.5. The maximum atomic E-state index is 13.2. The van der Waals surface area contributed by atoms with Crippen molar-refractivity contribution in [3.63, 3.8) is 0 Å². The van der Waals surface area contributed by atoms with Crippen LogP contribution in [0.15, 0.2) is 36.1 Å². The van der Waals surface area contributed by atoms with Gasteiger partial charge in [0.1, 0.15) is 24.0 Å². The zero-order valence-corrected chi connectivity index (χ0v) is 18.0. The summed E-state index contributed by atoms with van der Waals surface area (Å²) in [6.45, 7) is 7.40. The Labute approximate surface area is 182 Å². The third-order valence-corrected chi connectivity index (χ3v) is 5.99. The molecular weight excluding hydrogens is 394 g/mol. The SMILES string of the molecule is CCOc1ccccc1/C=C1\Oc2c(cc3c(c2C)OCN(CC2CCCO2)C3)C1=O. The number of nitrogens with zero attached hydrogens (tertiary/aromatic N) is 1. The van der Waals surface area contributed by atoms with Crippen molar-refractivity contribution in [2.75, 3.05) is 26.5 Å². The molecule has 1 saturated heterocycles. The minimum atomic E-state index is -0.108. The number of ether oxygens (including phenoxy) is 4. The number of Topliss-reactive ketones (excluding diaryl/α,β-unsaturated/α-hetero) is 1. The number of allylic oxidation sites excluding steroid dienone is 1. The second-order valence-electron chi connectivity index (χ2n) is 8.20. The van der Waals surface area contributed by atoms with Crippen LogP contribution < -0.4 is 14.2 Å². The summed E-state index contributed by atoms with van der Waals surface area (Å²) in [5.41, 5.74) is 3.31. The Bertz CT molecular complexity index is 1040. The van der Waals surface area contributed by atoms with E-state index in [4.69, 9.17) is 18.9 Å². The van der Waals surface area contributed by atoms with Crippen LogP contribution in [-0.4, -0.2) is 43.3 Å². The van der Waals surface area contributed by atoms with E-state index < -0.39 is 0 Å². The lowest BCUT2D eigenvalue weighted by atomic mass is 9.99. The van der Waals surface area contributed by atoms with E-state index in [9.17, 15) is 4.79 Å². The van der Waals surface area contributed by atoms with Gasteiger partial charge in [-0.2, -0.15) is 0 Å². The number of rotatable bonds is 5. The van der Waals surface area contributed by atoms with E-state index in [1.165, 1.54) is 0 Å². The van der Waals surface area contributed by atoms with E-state index in [0.717, 1.165) is 60.7 Å². The lowest BCUT2D eigenvalue weighted by Crippen LogP contribution is -2.37. The standard InChI is InChI=1S/C25H27NO5/c1-3-28-21-9-5-4-7-17(21)12-22-23(27)20-11-18-13-26(14-19-8-6-10-29-19)15-30-24(18)16(2)25(20)31-22/h4-5,7,9,11-12,19H,3,6,8,10,13-15H2,1-2H3/b22-12-. The molecule has 31 heavy (non-hydrogen) atoms. The number of fused-ring (bicyclic) bond motifs is 2. The van der Waals surface area contributed by atoms with Gasteiger partial charge in [0.05, 0.1) is 18.3 Å². The summed E-state index contributed by atoms with van der Waals surface area (Å²) >= 11 is 0. The van der Waals surface area contributed by atoms with Crippen LogP contribution in [0.25, 0.3) is 6.08 Å². The van der Waals surface area contributed by atoms with E-state index in [2.05, 4.69) is 4.90 Å². The van der Waals surface area contributed by atoms with Crippen molar-refractivity contribution in [3.05, 3.63) is 58.3 Å². The van der Waals surface area contributed by atoms with Crippen molar-refractivity contribution in [1.29, 1.82) is 0 Å². The zero-order valence-electron chi connectivity index (χ0n) is 18.0. The van der Waals surface area contributed by atoms with Gasteiger partial charge in [-0.25, -0.2) is 0 Å². The molecule has 0 N–H and O–H groups in total. The number of benzene rings is 2. The van der Waals surface area contributed by atoms with Gasteiger partial charge in [0.2, 0.25) is 5.78 Å². The maximum absolute atomic E-state index is 13.2. The smallest absolute Gasteiger partial charge is 0.231 e. The first-order valence-electron chi connectivity index (χ1n) is 10.9. The molecule has 0 aromatic heterocycles. The Kier molecular flexibility index (Phi) is 5.42. The topological polar surface area (TPSA) is 57.2 Å². The summed E-state index contributed by atoms with van der Waals surface area (Å²) in [6, 6.07) is 9.57. The fourth-order valence-corrected chi connectivity index (χ4v) is 4.52.